The number of ether oxygens (including phenoxy) is 2. The zero-order valence-electron chi connectivity index (χ0n) is 14.4. The van der Waals surface area contributed by atoms with Gasteiger partial charge in [-0.25, -0.2) is 5.43 Å². The van der Waals surface area contributed by atoms with E-state index < -0.39 is 0 Å². The number of amides is 1. The molecule has 3 N–H and O–H groups in total. The van der Waals surface area contributed by atoms with E-state index in [0.717, 1.165) is 16.7 Å². The van der Waals surface area contributed by atoms with Crippen LogP contribution in [0.4, 0.5) is 0 Å². The monoisotopic (exact) mass is 353 g/mol. The van der Waals surface area contributed by atoms with Crippen molar-refractivity contribution in [3.8, 4) is 17.2 Å². The Hall–Kier alpha value is -3.48. The first-order valence-electron chi connectivity index (χ1n) is 8.06. The molecule has 3 rings (SSSR count). The van der Waals surface area contributed by atoms with Crippen LogP contribution in [0.3, 0.4) is 0 Å². The highest BCUT2D eigenvalue weighted by Crippen LogP contribution is 2.26. The van der Waals surface area contributed by atoms with Crippen LogP contribution in [-0.2, 0) is 0 Å². The molecule has 0 radical (unpaired) electrons. The molecule has 0 aliphatic carbocycles. The first-order valence-corrected chi connectivity index (χ1v) is 8.06. The van der Waals surface area contributed by atoms with Gasteiger partial charge in [-0.05, 0) is 55.0 Å². The van der Waals surface area contributed by atoms with E-state index in [1.54, 1.807) is 25.3 Å². The number of H-pyrrole nitrogens is 1. The van der Waals surface area contributed by atoms with Crippen molar-refractivity contribution in [2.75, 3.05) is 13.7 Å². The second-order valence-corrected chi connectivity index (χ2v) is 5.50. The van der Waals surface area contributed by atoms with Crippen LogP contribution in [0.25, 0.3) is 10.9 Å². The summed E-state index contributed by atoms with van der Waals surface area (Å²) in [6.45, 7) is 2.27. The number of phenolic OH excluding ortho intramolecular Hbond substituents is 1. The van der Waals surface area contributed by atoms with Crippen LogP contribution in [0.15, 0.2) is 47.6 Å². The van der Waals surface area contributed by atoms with Crippen LogP contribution < -0.4 is 14.9 Å². The van der Waals surface area contributed by atoms with E-state index >= 15 is 0 Å². The number of aromatic amines is 1. The number of phenols is 1. The SMILES string of the molecule is CCOc1cc(/C=N/NC(=O)c2cc3cc(OC)ccc3[nH]2)ccc1O. The van der Waals surface area contributed by atoms with E-state index in [2.05, 4.69) is 15.5 Å². The number of fused-ring (bicyclic) bond motifs is 1. The molecule has 0 bridgehead atoms. The zero-order valence-corrected chi connectivity index (χ0v) is 14.4. The second-order valence-electron chi connectivity index (χ2n) is 5.50. The topological polar surface area (TPSA) is 95.9 Å². The summed E-state index contributed by atoms with van der Waals surface area (Å²) < 4.78 is 10.5. The van der Waals surface area contributed by atoms with Crippen molar-refractivity contribution in [2.45, 2.75) is 6.92 Å². The highest BCUT2D eigenvalue weighted by Gasteiger charge is 2.09. The third-order valence-corrected chi connectivity index (χ3v) is 3.74. The smallest absolute Gasteiger partial charge is 0.287 e. The van der Waals surface area contributed by atoms with Gasteiger partial charge < -0.3 is 19.6 Å². The molecule has 0 saturated heterocycles. The van der Waals surface area contributed by atoms with Gasteiger partial charge in [-0.2, -0.15) is 5.10 Å². The maximum atomic E-state index is 12.2. The molecule has 1 amide bonds. The lowest BCUT2D eigenvalue weighted by Gasteiger charge is -2.05. The Labute approximate surface area is 150 Å². The fourth-order valence-corrected chi connectivity index (χ4v) is 2.47. The molecule has 0 aliphatic rings. The molecule has 0 aliphatic heterocycles. The maximum absolute atomic E-state index is 12.2. The number of carbonyl (C=O) groups excluding carboxylic acids is 1. The number of benzene rings is 2. The first kappa shape index (κ1) is 17.3. The van der Waals surface area contributed by atoms with E-state index in [0.29, 0.717) is 23.6 Å². The molecule has 2 aromatic carbocycles. The number of hydrogen-bond acceptors (Lipinski definition) is 5. The Kier molecular flexibility index (Phi) is 5.07. The van der Waals surface area contributed by atoms with Crippen molar-refractivity contribution in [2.24, 2.45) is 5.10 Å². The van der Waals surface area contributed by atoms with Gasteiger partial charge in [0.1, 0.15) is 11.4 Å². The Morgan fingerprint density at radius 1 is 1.27 bits per heavy atom. The van der Waals surface area contributed by atoms with Crippen LogP contribution in [0, 0.1) is 0 Å². The highest BCUT2D eigenvalue weighted by atomic mass is 16.5. The van der Waals surface area contributed by atoms with Gasteiger partial charge in [0.15, 0.2) is 11.5 Å². The summed E-state index contributed by atoms with van der Waals surface area (Å²) in [5.74, 6) is 0.785. The summed E-state index contributed by atoms with van der Waals surface area (Å²) in [5.41, 5.74) is 4.38. The molecule has 0 fully saturated rings. The summed E-state index contributed by atoms with van der Waals surface area (Å²) in [5, 5.41) is 14.5. The molecule has 1 aromatic heterocycles. The molecule has 0 saturated carbocycles. The van der Waals surface area contributed by atoms with Crippen LogP contribution in [0.5, 0.6) is 17.2 Å². The minimum atomic E-state index is -0.361. The number of hydrogen-bond donors (Lipinski definition) is 3. The number of nitrogens with one attached hydrogen (secondary N) is 2. The van der Waals surface area contributed by atoms with Crippen LogP contribution in [0.2, 0.25) is 0 Å². The Morgan fingerprint density at radius 3 is 2.88 bits per heavy atom. The van der Waals surface area contributed by atoms with Gasteiger partial charge in [0.25, 0.3) is 5.91 Å². The van der Waals surface area contributed by atoms with Gasteiger partial charge in [-0.1, -0.05) is 0 Å². The quantitative estimate of drug-likeness (QED) is 0.469. The first-order chi connectivity index (χ1) is 12.6. The van der Waals surface area contributed by atoms with E-state index in [-0.39, 0.29) is 11.7 Å². The van der Waals surface area contributed by atoms with Gasteiger partial charge in [0.05, 0.1) is 19.9 Å². The predicted octanol–water partition coefficient (Wildman–Crippen LogP) is 3.04. The van der Waals surface area contributed by atoms with E-state index in [4.69, 9.17) is 9.47 Å². The molecule has 1 heterocycles. The van der Waals surface area contributed by atoms with E-state index in [1.165, 1.54) is 12.3 Å². The molecule has 26 heavy (non-hydrogen) atoms. The minimum Gasteiger partial charge on any atom is -0.504 e. The lowest BCUT2D eigenvalue weighted by Crippen LogP contribution is -2.17. The van der Waals surface area contributed by atoms with Gasteiger partial charge in [0, 0.05) is 10.9 Å². The Bertz CT molecular complexity index is 963. The van der Waals surface area contributed by atoms with Crippen molar-refractivity contribution >= 4 is 23.0 Å². The van der Waals surface area contributed by atoms with Crippen LogP contribution >= 0.6 is 0 Å². The van der Waals surface area contributed by atoms with Crippen molar-refractivity contribution in [1.29, 1.82) is 0 Å². The second kappa shape index (κ2) is 7.60. The molecule has 0 spiro atoms. The Balaban J connectivity index is 1.70. The molecule has 7 nitrogen and oxygen atoms in total. The molecular weight excluding hydrogens is 334 g/mol. The number of nitrogens with zero attached hydrogens (tertiary/aromatic N) is 1. The number of rotatable bonds is 6. The molecule has 3 aromatic rings. The van der Waals surface area contributed by atoms with Gasteiger partial charge in [-0.15, -0.1) is 0 Å². The predicted molar refractivity (Wildman–Crippen MR) is 99.2 cm³/mol. The molecule has 7 heteroatoms. The number of methoxy groups -OCH3 is 1. The molecule has 0 atom stereocenters. The Morgan fingerprint density at radius 2 is 2.12 bits per heavy atom. The third kappa shape index (κ3) is 3.77. The lowest BCUT2D eigenvalue weighted by molar-refractivity contribution is 0.0951. The maximum Gasteiger partial charge on any atom is 0.287 e. The largest absolute Gasteiger partial charge is 0.504 e. The summed E-state index contributed by atoms with van der Waals surface area (Å²) in [6, 6.07) is 12.1. The third-order valence-electron chi connectivity index (χ3n) is 3.74. The number of carbonyl (C=O) groups is 1. The minimum absolute atomic E-state index is 0.0570. The normalized spacial score (nSPS) is 11.0. The van der Waals surface area contributed by atoms with Crippen molar-refractivity contribution in [1.82, 2.24) is 10.4 Å². The lowest BCUT2D eigenvalue weighted by atomic mass is 10.2. The van der Waals surface area contributed by atoms with Crippen molar-refractivity contribution < 1.29 is 19.4 Å². The average Bonchev–Trinajstić information content (AvgIpc) is 3.07. The van der Waals surface area contributed by atoms with Gasteiger partial charge >= 0.3 is 0 Å². The van der Waals surface area contributed by atoms with Gasteiger partial charge in [-0.3, -0.25) is 4.79 Å². The summed E-state index contributed by atoms with van der Waals surface area (Å²) in [6.07, 6.45) is 1.48. The van der Waals surface area contributed by atoms with Crippen LogP contribution in [0.1, 0.15) is 23.0 Å². The fourth-order valence-electron chi connectivity index (χ4n) is 2.47. The van der Waals surface area contributed by atoms with Crippen molar-refractivity contribution in [3.05, 3.63) is 53.7 Å². The fraction of sp³-hybridized carbons (Fsp3) is 0.158. The molecule has 0 unspecified atom stereocenters. The van der Waals surface area contributed by atoms with Crippen molar-refractivity contribution in [3.63, 3.8) is 0 Å². The number of aromatic nitrogens is 1. The highest BCUT2D eigenvalue weighted by molar-refractivity contribution is 5.98. The number of hydrazone groups is 1. The van der Waals surface area contributed by atoms with Crippen LogP contribution in [-0.4, -0.2) is 35.9 Å². The zero-order chi connectivity index (χ0) is 18.5. The van der Waals surface area contributed by atoms with E-state index in [1.807, 2.05) is 25.1 Å². The molecular formula is C19H19N3O4. The number of aromatic hydroxyl groups is 1. The standard InChI is InChI=1S/C19H19N3O4/c1-3-26-18-8-12(4-7-17(18)23)11-20-22-19(24)16-10-13-9-14(25-2)5-6-15(13)21-16/h4-11,21,23H,3H2,1-2H3,(H,22,24)/b20-11+. The summed E-state index contributed by atoms with van der Waals surface area (Å²) in [4.78, 5) is 15.3. The average molecular weight is 353 g/mol. The van der Waals surface area contributed by atoms with Gasteiger partial charge in [0.2, 0.25) is 0 Å². The summed E-state index contributed by atoms with van der Waals surface area (Å²) in [7, 11) is 1.59. The van der Waals surface area contributed by atoms with E-state index in [9.17, 15) is 9.90 Å². The summed E-state index contributed by atoms with van der Waals surface area (Å²) >= 11 is 0. The molecule has 134 valence electrons.